The number of carbonyl (C=O) groups is 2. The van der Waals surface area contributed by atoms with Gasteiger partial charge in [0.1, 0.15) is 23.5 Å². The number of aromatic nitrogens is 4. The van der Waals surface area contributed by atoms with Crippen LogP contribution in [-0.4, -0.2) is 31.0 Å². The van der Waals surface area contributed by atoms with Gasteiger partial charge in [-0.3, -0.25) is 9.59 Å². The van der Waals surface area contributed by atoms with Crippen molar-refractivity contribution in [1.29, 1.82) is 0 Å². The van der Waals surface area contributed by atoms with Crippen molar-refractivity contribution >= 4 is 39.3 Å². The second-order valence-corrected chi connectivity index (χ2v) is 10.4. The Labute approximate surface area is 188 Å². The highest BCUT2D eigenvalue weighted by Crippen LogP contribution is 2.40. The average molecular weight is 462 g/mol. The molecule has 0 saturated carbocycles. The topological polar surface area (TPSA) is 101 Å². The lowest BCUT2D eigenvalue weighted by molar-refractivity contribution is -0.110. The van der Waals surface area contributed by atoms with Gasteiger partial charge in [0.15, 0.2) is 11.0 Å². The minimum Gasteiger partial charge on any atom is -0.488 e. The number of benzene rings is 2. The van der Waals surface area contributed by atoms with E-state index in [0.29, 0.717) is 17.7 Å². The fourth-order valence-corrected chi connectivity index (χ4v) is 5.05. The molecule has 2 unspecified atom stereocenters. The van der Waals surface area contributed by atoms with Crippen molar-refractivity contribution in [3.8, 4) is 39.4 Å². The van der Waals surface area contributed by atoms with Crippen LogP contribution in [0.3, 0.4) is 0 Å². The first-order chi connectivity index (χ1) is 15.5. The first-order valence-corrected chi connectivity index (χ1v) is 12.0. The Morgan fingerprint density at radius 2 is 1.41 bits per heavy atom. The molecule has 0 bridgehead atoms. The van der Waals surface area contributed by atoms with Gasteiger partial charge in [-0.2, -0.15) is 0 Å². The predicted molar refractivity (Wildman–Crippen MR) is 129 cm³/mol. The highest BCUT2D eigenvalue weighted by molar-refractivity contribution is 7.64. The van der Waals surface area contributed by atoms with Crippen molar-refractivity contribution in [2.45, 2.75) is 20.5 Å². The van der Waals surface area contributed by atoms with Crippen LogP contribution in [0.5, 0.6) is 5.75 Å². The van der Waals surface area contributed by atoms with Crippen molar-refractivity contribution in [2.24, 2.45) is 0 Å². The third-order valence-corrected chi connectivity index (χ3v) is 6.81. The number of nitrogens with one attached hydrogen (secondary N) is 2. The van der Waals surface area contributed by atoms with Gasteiger partial charge in [-0.1, -0.05) is 18.2 Å². The number of carbonyl (C=O) groups excluding carboxylic acids is 2. The SMILES string of the molecule is CC(=O)Pc1ncc(-c2ccc3c(c2)COc2cc(-c4cnc(PC(C)=O)[nH]4)ccc2-3)[nH]1. The second-order valence-electron chi connectivity index (χ2n) is 7.52. The Balaban J connectivity index is 1.43. The molecule has 0 amide bonds. The Morgan fingerprint density at radius 3 is 2.00 bits per heavy atom. The van der Waals surface area contributed by atoms with E-state index < -0.39 is 0 Å². The Hall–Kier alpha value is -3.14. The largest absolute Gasteiger partial charge is 0.488 e. The van der Waals surface area contributed by atoms with Crippen molar-refractivity contribution in [2.75, 3.05) is 0 Å². The molecule has 0 spiro atoms. The lowest BCUT2D eigenvalue weighted by Gasteiger charge is -2.22. The van der Waals surface area contributed by atoms with Gasteiger partial charge >= 0.3 is 0 Å². The minimum atomic E-state index is 0.0354. The van der Waals surface area contributed by atoms with Crippen molar-refractivity contribution < 1.29 is 14.3 Å². The number of aromatic amines is 2. The van der Waals surface area contributed by atoms with Crippen LogP contribution in [0.4, 0.5) is 0 Å². The van der Waals surface area contributed by atoms with Crippen LogP contribution in [0, 0.1) is 0 Å². The molecule has 4 aromatic rings. The summed E-state index contributed by atoms with van der Waals surface area (Å²) >= 11 is 0. The molecule has 5 rings (SSSR count). The number of nitrogens with zero attached hydrogens (tertiary/aromatic N) is 2. The van der Waals surface area contributed by atoms with E-state index in [4.69, 9.17) is 4.74 Å². The first-order valence-electron chi connectivity index (χ1n) is 10.0. The lowest BCUT2D eigenvalue weighted by Crippen LogP contribution is -2.06. The van der Waals surface area contributed by atoms with Crippen LogP contribution in [0.1, 0.15) is 19.4 Å². The van der Waals surface area contributed by atoms with Gasteiger partial charge in [-0.15, -0.1) is 0 Å². The smallest absolute Gasteiger partial charge is 0.155 e. The van der Waals surface area contributed by atoms with Gasteiger partial charge < -0.3 is 14.7 Å². The summed E-state index contributed by atoms with van der Waals surface area (Å²) in [7, 11) is 0.0773. The summed E-state index contributed by atoms with van der Waals surface area (Å²) in [6.45, 7) is 3.60. The summed E-state index contributed by atoms with van der Waals surface area (Å²) in [4.78, 5) is 37.8. The van der Waals surface area contributed by atoms with E-state index in [1.54, 1.807) is 26.2 Å². The first kappa shape index (κ1) is 20.7. The third kappa shape index (κ3) is 4.14. The number of H-pyrrole nitrogens is 2. The molecule has 2 atom stereocenters. The monoisotopic (exact) mass is 462 g/mol. The fraction of sp³-hybridized carbons (Fsp3) is 0.130. The maximum Gasteiger partial charge on any atom is 0.155 e. The Kier molecular flexibility index (Phi) is 5.46. The van der Waals surface area contributed by atoms with Crippen molar-refractivity contribution in [1.82, 2.24) is 19.9 Å². The fourth-order valence-electron chi connectivity index (χ4n) is 3.73. The molecule has 0 fully saturated rings. The minimum absolute atomic E-state index is 0.0354. The summed E-state index contributed by atoms with van der Waals surface area (Å²) in [5, 5.41) is 0. The molecule has 0 aliphatic carbocycles. The Morgan fingerprint density at radius 1 is 0.844 bits per heavy atom. The molecular weight excluding hydrogens is 442 g/mol. The van der Waals surface area contributed by atoms with E-state index in [2.05, 4.69) is 44.2 Å². The van der Waals surface area contributed by atoms with Gasteiger partial charge in [-0.05, 0) is 48.7 Å². The van der Waals surface area contributed by atoms with E-state index in [-0.39, 0.29) is 28.2 Å². The molecule has 0 radical (unpaired) electrons. The summed E-state index contributed by atoms with van der Waals surface area (Å²) in [6, 6.07) is 12.3. The van der Waals surface area contributed by atoms with Gasteiger partial charge in [0.25, 0.3) is 0 Å². The van der Waals surface area contributed by atoms with E-state index in [9.17, 15) is 9.59 Å². The van der Waals surface area contributed by atoms with E-state index in [0.717, 1.165) is 45.0 Å². The van der Waals surface area contributed by atoms with Crippen LogP contribution in [0.2, 0.25) is 0 Å². The van der Waals surface area contributed by atoms with Crippen LogP contribution in [0.25, 0.3) is 33.6 Å². The molecule has 3 heterocycles. The molecule has 160 valence electrons. The molecule has 2 aromatic heterocycles. The van der Waals surface area contributed by atoms with Gasteiger partial charge in [0.05, 0.1) is 23.8 Å². The predicted octanol–water partition coefficient (Wildman–Crippen LogP) is 3.73. The quantitative estimate of drug-likeness (QED) is 0.426. The van der Waals surface area contributed by atoms with E-state index in [1.165, 1.54) is 0 Å². The zero-order valence-corrected chi connectivity index (χ0v) is 19.4. The second kappa shape index (κ2) is 8.42. The highest BCUT2D eigenvalue weighted by atomic mass is 31.1. The maximum atomic E-state index is 11.3. The number of rotatable bonds is 6. The molecule has 2 N–H and O–H groups in total. The van der Waals surface area contributed by atoms with Gasteiger partial charge in [0, 0.05) is 28.3 Å². The lowest BCUT2D eigenvalue weighted by atomic mass is 9.93. The third-order valence-electron chi connectivity index (χ3n) is 5.12. The average Bonchev–Trinajstić information content (AvgIpc) is 3.42. The zero-order chi connectivity index (χ0) is 22.2. The zero-order valence-electron chi connectivity index (χ0n) is 17.4. The normalized spacial score (nSPS) is 12.8. The molecule has 2 aromatic carbocycles. The standard InChI is InChI=1S/C23H20N4O3P2/c1-12(28)31-22-24-9-19(26-22)14-3-5-17-16(7-14)11-30-21-8-15(4-6-18(17)21)20-10-25-23(27-20)32-13(2)29/h3-10,31-32H,11H2,1-2H3,(H,24,26)(H,25,27). The molecule has 1 aliphatic heterocycles. The van der Waals surface area contributed by atoms with Crippen molar-refractivity contribution in [3.05, 3.63) is 54.4 Å². The van der Waals surface area contributed by atoms with Crippen LogP contribution in [-0.2, 0) is 16.2 Å². The summed E-state index contributed by atoms with van der Waals surface area (Å²) in [5.74, 6) is 0.819. The van der Waals surface area contributed by atoms with Crippen LogP contribution in [0.15, 0.2) is 48.8 Å². The Bertz CT molecular complexity index is 1260. The molecular formula is C23H20N4O3P2. The number of hydrogen-bond donors (Lipinski definition) is 2. The summed E-state index contributed by atoms with van der Waals surface area (Å²) < 4.78 is 6.08. The maximum absolute atomic E-state index is 11.3. The summed E-state index contributed by atoms with van der Waals surface area (Å²) in [6.07, 6.45) is 3.52. The molecule has 7 nitrogen and oxygen atoms in total. The number of fused-ring (bicyclic) bond motifs is 3. The number of hydrogen-bond acceptors (Lipinski definition) is 5. The van der Waals surface area contributed by atoms with Crippen LogP contribution >= 0.6 is 17.2 Å². The van der Waals surface area contributed by atoms with Gasteiger partial charge in [0.2, 0.25) is 0 Å². The van der Waals surface area contributed by atoms with E-state index >= 15 is 0 Å². The summed E-state index contributed by atoms with van der Waals surface area (Å²) in [5.41, 5.74) is 8.59. The number of imidazole rings is 2. The molecule has 0 saturated heterocycles. The van der Waals surface area contributed by atoms with E-state index in [1.807, 2.05) is 12.1 Å². The molecule has 9 heteroatoms. The van der Waals surface area contributed by atoms with Crippen LogP contribution < -0.4 is 15.9 Å². The molecule has 1 aliphatic rings. The number of ether oxygens (including phenoxy) is 1. The highest BCUT2D eigenvalue weighted by Gasteiger charge is 2.19. The van der Waals surface area contributed by atoms with Gasteiger partial charge in [-0.25, -0.2) is 9.97 Å². The molecule has 32 heavy (non-hydrogen) atoms. The van der Waals surface area contributed by atoms with Crippen molar-refractivity contribution in [3.63, 3.8) is 0 Å².